The molecule has 0 amide bonds. The zero-order valence-corrected chi connectivity index (χ0v) is 10.2. The minimum Gasteiger partial charge on any atom is -0.397 e. The third-order valence-electron chi connectivity index (χ3n) is 1.15. The summed E-state index contributed by atoms with van der Waals surface area (Å²) >= 11 is 9.39. The third kappa shape index (κ3) is 1.89. The first-order valence-electron chi connectivity index (χ1n) is 2.62. The normalized spacial score (nSPS) is 10.2. The molecule has 0 radical (unpaired) electrons. The van der Waals surface area contributed by atoms with Crippen molar-refractivity contribution in [1.82, 2.24) is 0 Å². The van der Waals surface area contributed by atoms with E-state index in [1.165, 1.54) is 6.07 Å². The first-order valence-corrected chi connectivity index (χ1v) is 5.16. The predicted molar refractivity (Wildman–Crippen MR) is 61.3 cm³/mol. The summed E-state index contributed by atoms with van der Waals surface area (Å²) in [7, 11) is 0. The maximum atomic E-state index is 12.9. The first-order chi connectivity index (χ1) is 5.04. The highest BCUT2D eigenvalue weighted by Gasteiger charge is 2.10. The first kappa shape index (κ1) is 9.79. The van der Waals surface area contributed by atoms with Crippen molar-refractivity contribution in [2.75, 3.05) is 5.73 Å². The van der Waals surface area contributed by atoms with E-state index in [0.29, 0.717) is 9.26 Å². The molecular formula is C6H3ClFI2N. The van der Waals surface area contributed by atoms with Crippen LogP contribution >= 0.6 is 56.8 Å². The Kier molecular flexibility index (Phi) is 3.21. The molecule has 0 aliphatic carbocycles. The highest BCUT2D eigenvalue weighted by atomic mass is 127. The fraction of sp³-hybridized carbons (Fsp3) is 0. The predicted octanol–water partition coefficient (Wildman–Crippen LogP) is 3.27. The third-order valence-corrected chi connectivity index (χ3v) is 3.37. The van der Waals surface area contributed by atoms with Crippen LogP contribution in [0.4, 0.5) is 10.1 Å². The van der Waals surface area contributed by atoms with Gasteiger partial charge in [-0.15, -0.1) is 0 Å². The second kappa shape index (κ2) is 3.61. The van der Waals surface area contributed by atoms with Crippen LogP contribution < -0.4 is 5.73 Å². The van der Waals surface area contributed by atoms with Crippen LogP contribution in [0.5, 0.6) is 0 Å². The second-order valence-electron chi connectivity index (χ2n) is 1.88. The van der Waals surface area contributed by atoms with Crippen molar-refractivity contribution in [3.8, 4) is 0 Å². The number of halogens is 4. The van der Waals surface area contributed by atoms with Crippen LogP contribution in [0, 0.1) is 13.0 Å². The van der Waals surface area contributed by atoms with E-state index in [4.69, 9.17) is 17.3 Å². The van der Waals surface area contributed by atoms with Gasteiger partial charge in [-0.1, -0.05) is 11.6 Å². The molecule has 1 aromatic carbocycles. The lowest BCUT2D eigenvalue weighted by Gasteiger charge is -2.03. The van der Waals surface area contributed by atoms with Gasteiger partial charge in [-0.25, -0.2) is 4.39 Å². The van der Waals surface area contributed by atoms with Crippen LogP contribution in [-0.2, 0) is 0 Å². The molecule has 0 saturated carbocycles. The smallest absolute Gasteiger partial charge is 0.157 e. The molecule has 0 atom stereocenters. The molecule has 0 aromatic heterocycles. The number of hydrogen-bond donors (Lipinski definition) is 1. The molecule has 0 saturated heterocycles. The molecule has 0 unspecified atom stereocenters. The van der Waals surface area contributed by atoms with Gasteiger partial charge in [-0.3, -0.25) is 0 Å². The van der Waals surface area contributed by atoms with Crippen molar-refractivity contribution < 1.29 is 4.39 Å². The largest absolute Gasteiger partial charge is 0.397 e. The van der Waals surface area contributed by atoms with Crippen LogP contribution in [0.2, 0.25) is 5.02 Å². The molecule has 0 heterocycles. The number of nitrogen functional groups attached to an aromatic ring is 1. The van der Waals surface area contributed by atoms with Gasteiger partial charge in [0.2, 0.25) is 0 Å². The van der Waals surface area contributed by atoms with Gasteiger partial charge in [0.1, 0.15) is 0 Å². The van der Waals surface area contributed by atoms with Crippen molar-refractivity contribution in [2.45, 2.75) is 0 Å². The lowest BCUT2D eigenvalue weighted by Crippen LogP contribution is -1.96. The SMILES string of the molecule is Nc1c(I)cc(Cl)c(F)c1I. The maximum absolute atomic E-state index is 12.9. The van der Waals surface area contributed by atoms with Crippen molar-refractivity contribution in [2.24, 2.45) is 0 Å². The summed E-state index contributed by atoms with van der Waals surface area (Å²) in [6.45, 7) is 0. The Labute approximate surface area is 95.8 Å². The van der Waals surface area contributed by atoms with Crippen LogP contribution in [0.25, 0.3) is 0 Å². The summed E-state index contributed by atoms with van der Waals surface area (Å²) in [4.78, 5) is 0. The summed E-state index contributed by atoms with van der Waals surface area (Å²) in [6.07, 6.45) is 0. The molecule has 60 valence electrons. The highest BCUT2D eigenvalue weighted by Crippen LogP contribution is 2.29. The molecule has 0 aliphatic heterocycles. The average molecular weight is 397 g/mol. The minimum absolute atomic E-state index is 0.119. The second-order valence-corrected chi connectivity index (χ2v) is 4.53. The Morgan fingerprint density at radius 1 is 1.45 bits per heavy atom. The number of benzene rings is 1. The summed E-state index contributed by atoms with van der Waals surface area (Å²) in [5.74, 6) is -0.440. The van der Waals surface area contributed by atoms with Gasteiger partial charge in [0.15, 0.2) is 5.82 Å². The highest BCUT2D eigenvalue weighted by molar-refractivity contribution is 14.1. The Bertz CT molecular complexity index is 277. The van der Waals surface area contributed by atoms with Gasteiger partial charge in [-0.05, 0) is 51.2 Å². The van der Waals surface area contributed by atoms with Gasteiger partial charge in [0.25, 0.3) is 0 Å². The van der Waals surface area contributed by atoms with E-state index in [1.54, 1.807) is 0 Å². The van der Waals surface area contributed by atoms with Gasteiger partial charge in [0, 0.05) is 3.57 Å². The van der Waals surface area contributed by atoms with Crippen molar-refractivity contribution in [1.29, 1.82) is 0 Å². The summed E-state index contributed by atoms with van der Waals surface area (Å²) < 4.78 is 14.1. The van der Waals surface area contributed by atoms with Crippen molar-refractivity contribution in [3.63, 3.8) is 0 Å². The van der Waals surface area contributed by atoms with E-state index in [9.17, 15) is 4.39 Å². The number of nitrogens with two attached hydrogens (primary N) is 1. The fourth-order valence-electron chi connectivity index (χ4n) is 0.580. The lowest BCUT2D eigenvalue weighted by atomic mass is 10.3. The fourth-order valence-corrected chi connectivity index (χ4v) is 2.81. The van der Waals surface area contributed by atoms with Crippen molar-refractivity contribution in [3.05, 3.63) is 24.0 Å². The Hall–Kier alpha value is 0.700. The Morgan fingerprint density at radius 3 is 2.55 bits per heavy atom. The van der Waals surface area contributed by atoms with E-state index >= 15 is 0 Å². The molecule has 1 nitrogen and oxygen atoms in total. The van der Waals surface area contributed by atoms with Crippen LogP contribution in [0.3, 0.4) is 0 Å². The molecule has 5 heteroatoms. The van der Waals surface area contributed by atoms with Gasteiger partial charge >= 0.3 is 0 Å². The number of rotatable bonds is 0. The van der Waals surface area contributed by atoms with Crippen molar-refractivity contribution >= 4 is 62.5 Å². The van der Waals surface area contributed by atoms with E-state index in [-0.39, 0.29) is 5.02 Å². The molecule has 2 N–H and O–H groups in total. The molecular weight excluding hydrogens is 394 g/mol. The van der Waals surface area contributed by atoms with Crippen LogP contribution in [0.1, 0.15) is 0 Å². The van der Waals surface area contributed by atoms with E-state index in [2.05, 4.69) is 0 Å². The molecule has 0 aliphatic rings. The average Bonchev–Trinajstić information content (AvgIpc) is 1.97. The Morgan fingerprint density at radius 2 is 2.00 bits per heavy atom. The van der Waals surface area contributed by atoms with E-state index < -0.39 is 5.82 Å². The summed E-state index contributed by atoms with van der Waals surface area (Å²) in [5.41, 5.74) is 5.99. The zero-order chi connectivity index (χ0) is 8.59. The van der Waals surface area contributed by atoms with E-state index in [1.807, 2.05) is 45.2 Å². The van der Waals surface area contributed by atoms with Gasteiger partial charge < -0.3 is 5.73 Å². The number of anilines is 1. The Balaban J connectivity index is 3.46. The monoisotopic (exact) mass is 397 g/mol. The maximum Gasteiger partial charge on any atom is 0.157 e. The zero-order valence-electron chi connectivity index (χ0n) is 5.17. The summed E-state index contributed by atoms with van der Waals surface area (Å²) in [6, 6.07) is 1.51. The van der Waals surface area contributed by atoms with E-state index in [0.717, 1.165) is 3.57 Å². The molecule has 0 fully saturated rings. The van der Waals surface area contributed by atoms with Gasteiger partial charge in [-0.2, -0.15) is 0 Å². The molecule has 1 rings (SSSR count). The van der Waals surface area contributed by atoms with Crippen LogP contribution in [-0.4, -0.2) is 0 Å². The van der Waals surface area contributed by atoms with Gasteiger partial charge in [0.05, 0.1) is 14.3 Å². The molecule has 0 spiro atoms. The van der Waals surface area contributed by atoms with Crippen LogP contribution in [0.15, 0.2) is 6.07 Å². The minimum atomic E-state index is -0.440. The molecule has 0 bridgehead atoms. The summed E-state index contributed by atoms with van der Waals surface area (Å²) in [5, 5.41) is 0.119. The number of hydrogen-bond acceptors (Lipinski definition) is 1. The molecule has 11 heavy (non-hydrogen) atoms. The lowest BCUT2D eigenvalue weighted by molar-refractivity contribution is 0.621. The quantitative estimate of drug-likeness (QED) is 0.309. The topological polar surface area (TPSA) is 26.0 Å². The standard InChI is InChI=1S/C6H3ClFI2N/c7-2-1-3(9)6(11)5(10)4(2)8/h1H,11H2. The molecule has 1 aromatic rings.